The molecule has 0 aliphatic heterocycles. The maximum Gasteiger partial charge on any atom is 0.253 e. The minimum absolute atomic E-state index is 0.249. The summed E-state index contributed by atoms with van der Waals surface area (Å²) in [5.74, 6) is 0.372. The number of carbonyl (C=O) groups is 1. The first-order valence-corrected chi connectivity index (χ1v) is 7.27. The van der Waals surface area contributed by atoms with Crippen LogP contribution in [-0.2, 0) is 6.54 Å². The molecule has 2 rings (SSSR count). The molecule has 0 fully saturated rings. The van der Waals surface area contributed by atoms with Crippen LogP contribution in [-0.4, -0.2) is 17.4 Å². The summed E-state index contributed by atoms with van der Waals surface area (Å²) in [7, 11) is 0. The molecule has 0 saturated heterocycles. The van der Waals surface area contributed by atoms with Crippen molar-refractivity contribution in [2.75, 3.05) is 11.9 Å². The van der Waals surface area contributed by atoms with E-state index in [-0.39, 0.29) is 5.91 Å². The van der Waals surface area contributed by atoms with E-state index in [1.165, 1.54) is 6.20 Å². The Labute approximate surface area is 133 Å². The Hall–Kier alpha value is -1.78. The SMILES string of the molecule is CCNc1cc(C(=O)NCc2cccc(Cl)c2)c(Cl)cn1. The molecule has 0 aliphatic carbocycles. The van der Waals surface area contributed by atoms with Crippen molar-refractivity contribution in [3.63, 3.8) is 0 Å². The van der Waals surface area contributed by atoms with E-state index in [0.29, 0.717) is 28.0 Å². The molecule has 0 radical (unpaired) electrons. The Bertz CT molecular complexity index is 647. The molecule has 0 unspecified atom stereocenters. The van der Waals surface area contributed by atoms with E-state index in [1.54, 1.807) is 18.2 Å². The smallest absolute Gasteiger partial charge is 0.253 e. The molecule has 6 heteroatoms. The quantitative estimate of drug-likeness (QED) is 0.881. The van der Waals surface area contributed by atoms with Crippen molar-refractivity contribution in [3.8, 4) is 0 Å². The van der Waals surface area contributed by atoms with Crippen LogP contribution < -0.4 is 10.6 Å². The first-order chi connectivity index (χ1) is 10.1. The summed E-state index contributed by atoms with van der Waals surface area (Å²) < 4.78 is 0. The molecule has 0 saturated carbocycles. The highest BCUT2D eigenvalue weighted by Gasteiger charge is 2.11. The van der Waals surface area contributed by atoms with E-state index in [0.717, 1.165) is 12.1 Å². The number of carbonyl (C=O) groups excluding carboxylic acids is 1. The number of rotatable bonds is 5. The predicted molar refractivity (Wildman–Crippen MR) is 86.0 cm³/mol. The van der Waals surface area contributed by atoms with Gasteiger partial charge in [-0.25, -0.2) is 4.98 Å². The van der Waals surface area contributed by atoms with Crippen molar-refractivity contribution in [3.05, 3.63) is 57.7 Å². The minimum atomic E-state index is -0.249. The molecule has 110 valence electrons. The van der Waals surface area contributed by atoms with Gasteiger partial charge < -0.3 is 10.6 Å². The van der Waals surface area contributed by atoms with Crippen LogP contribution >= 0.6 is 23.2 Å². The molecule has 4 nitrogen and oxygen atoms in total. The lowest BCUT2D eigenvalue weighted by molar-refractivity contribution is 0.0951. The Balaban J connectivity index is 2.07. The number of pyridine rings is 1. The molecular weight excluding hydrogens is 309 g/mol. The normalized spacial score (nSPS) is 10.2. The molecule has 2 aromatic rings. The molecule has 1 amide bonds. The van der Waals surface area contributed by atoms with Crippen LogP contribution in [0.25, 0.3) is 0 Å². The highest BCUT2D eigenvalue weighted by Crippen LogP contribution is 2.18. The topological polar surface area (TPSA) is 54.0 Å². The first-order valence-electron chi connectivity index (χ1n) is 6.52. The summed E-state index contributed by atoms with van der Waals surface area (Å²) >= 11 is 11.9. The van der Waals surface area contributed by atoms with Crippen molar-refractivity contribution in [1.29, 1.82) is 0 Å². The zero-order valence-electron chi connectivity index (χ0n) is 11.5. The van der Waals surface area contributed by atoms with Gasteiger partial charge in [0, 0.05) is 24.3 Å². The standard InChI is InChI=1S/C15H15Cl2N3O/c1-2-18-14-7-12(13(17)9-19-14)15(21)20-8-10-4-3-5-11(16)6-10/h3-7,9H,2,8H2,1H3,(H,18,19)(H,20,21). The zero-order valence-corrected chi connectivity index (χ0v) is 13.0. The summed E-state index contributed by atoms with van der Waals surface area (Å²) in [4.78, 5) is 16.3. The van der Waals surface area contributed by atoms with Crippen molar-refractivity contribution in [2.45, 2.75) is 13.5 Å². The van der Waals surface area contributed by atoms with Crippen molar-refractivity contribution < 1.29 is 4.79 Å². The Morgan fingerprint density at radius 2 is 2.10 bits per heavy atom. The Morgan fingerprint density at radius 3 is 2.81 bits per heavy atom. The van der Waals surface area contributed by atoms with Gasteiger partial charge in [0.05, 0.1) is 10.6 Å². The van der Waals surface area contributed by atoms with E-state index in [2.05, 4.69) is 15.6 Å². The summed E-state index contributed by atoms with van der Waals surface area (Å²) in [5, 5.41) is 6.82. The molecule has 0 spiro atoms. The molecule has 21 heavy (non-hydrogen) atoms. The Morgan fingerprint density at radius 1 is 1.29 bits per heavy atom. The molecule has 1 aromatic carbocycles. The van der Waals surface area contributed by atoms with E-state index in [1.807, 2.05) is 19.1 Å². The molecular formula is C15H15Cl2N3O. The first kappa shape index (κ1) is 15.6. The molecule has 1 heterocycles. The molecule has 2 N–H and O–H groups in total. The lowest BCUT2D eigenvalue weighted by atomic mass is 10.2. The van der Waals surface area contributed by atoms with Crippen LogP contribution in [0.5, 0.6) is 0 Å². The van der Waals surface area contributed by atoms with Gasteiger partial charge in [0.1, 0.15) is 5.82 Å². The number of anilines is 1. The van der Waals surface area contributed by atoms with E-state index in [4.69, 9.17) is 23.2 Å². The van der Waals surface area contributed by atoms with E-state index >= 15 is 0 Å². The van der Waals surface area contributed by atoms with Crippen molar-refractivity contribution in [2.24, 2.45) is 0 Å². The van der Waals surface area contributed by atoms with Crippen molar-refractivity contribution in [1.82, 2.24) is 10.3 Å². The summed E-state index contributed by atoms with van der Waals surface area (Å²) in [6, 6.07) is 8.96. The fourth-order valence-corrected chi connectivity index (χ4v) is 2.22. The van der Waals surface area contributed by atoms with Gasteiger partial charge >= 0.3 is 0 Å². The molecule has 0 atom stereocenters. The van der Waals surface area contributed by atoms with Crippen LogP contribution in [0.15, 0.2) is 36.5 Å². The number of nitrogens with zero attached hydrogens (tertiary/aromatic N) is 1. The van der Waals surface area contributed by atoms with Crippen LogP contribution in [0.3, 0.4) is 0 Å². The van der Waals surface area contributed by atoms with Gasteiger partial charge in [-0.2, -0.15) is 0 Å². The fourth-order valence-electron chi connectivity index (χ4n) is 1.81. The average Bonchev–Trinajstić information content (AvgIpc) is 2.47. The molecule has 1 aromatic heterocycles. The van der Waals surface area contributed by atoms with Gasteiger partial charge in [-0.3, -0.25) is 4.79 Å². The molecule has 0 aliphatic rings. The minimum Gasteiger partial charge on any atom is -0.370 e. The number of nitrogens with one attached hydrogen (secondary N) is 2. The second-order valence-corrected chi connectivity index (χ2v) is 5.24. The molecule has 0 bridgehead atoms. The van der Waals surface area contributed by atoms with Crippen LogP contribution in [0, 0.1) is 0 Å². The Kier molecular flexibility index (Phi) is 5.42. The third kappa shape index (κ3) is 4.34. The third-order valence-corrected chi connectivity index (χ3v) is 3.34. The number of aromatic nitrogens is 1. The van der Waals surface area contributed by atoms with Crippen LogP contribution in [0.2, 0.25) is 10.0 Å². The highest BCUT2D eigenvalue weighted by atomic mass is 35.5. The van der Waals surface area contributed by atoms with Gasteiger partial charge in [-0.05, 0) is 30.7 Å². The third-order valence-electron chi connectivity index (χ3n) is 2.80. The average molecular weight is 324 g/mol. The monoisotopic (exact) mass is 323 g/mol. The highest BCUT2D eigenvalue weighted by molar-refractivity contribution is 6.33. The summed E-state index contributed by atoms with van der Waals surface area (Å²) in [5.41, 5.74) is 1.32. The summed E-state index contributed by atoms with van der Waals surface area (Å²) in [6.45, 7) is 3.06. The second-order valence-electron chi connectivity index (χ2n) is 4.39. The second kappa shape index (κ2) is 7.29. The largest absolute Gasteiger partial charge is 0.370 e. The maximum absolute atomic E-state index is 12.2. The van der Waals surface area contributed by atoms with Crippen LogP contribution in [0.1, 0.15) is 22.8 Å². The number of hydrogen-bond acceptors (Lipinski definition) is 3. The number of halogens is 2. The van der Waals surface area contributed by atoms with Gasteiger partial charge in [0.25, 0.3) is 5.91 Å². The van der Waals surface area contributed by atoms with Gasteiger partial charge in [0.15, 0.2) is 0 Å². The lowest BCUT2D eigenvalue weighted by Crippen LogP contribution is -2.23. The fraction of sp³-hybridized carbons (Fsp3) is 0.200. The summed E-state index contributed by atoms with van der Waals surface area (Å²) in [6.07, 6.45) is 1.47. The van der Waals surface area contributed by atoms with E-state index in [9.17, 15) is 4.79 Å². The van der Waals surface area contributed by atoms with Crippen molar-refractivity contribution >= 4 is 34.9 Å². The van der Waals surface area contributed by atoms with Gasteiger partial charge in [0.2, 0.25) is 0 Å². The van der Waals surface area contributed by atoms with E-state index < -0.39 is 0 Å². The van der Waals surface area contributed by atoms with Crippen LogP contribution in [0.4, 0.5) is 5.82 Å². The lowest BCUT2D eigenvalue weighted by Gasteiger charge is -2.09. The predicted octanol–water partition coefficient (Wildman–Crippen LogP) is 3.75. The number of hydrogen-bond donors (Lipinski definition) is 2. The van der Waals surface area contributed by atoms with Gasteiger partial charge in [-0.15, -0.1) is 0 Å². The van der Waals surface area contributed by atoms with Gasteiger partial charge in [-0.1, -0.05) is 35.3 Å². The maximum atomic E-state index is 12.2. The number of amides is 1. The number of benzene rings is 1. The zero-order chi connectivity index (χ0) is 15.2.